The van der Waals surface area contributed by atoms with E-state index in [-0.39, 0.29) is 0 Å². The number of rotatable bonds is 6. The Hall–Kier alpha value is -1.33. The number of benzene rings is 1. The maximum atomic E-state index is 8.76. The molecule has 0 atom stereocenters. The fraction of sp³-hybridized carbons (Fsp3) is 0.500. The molecule has 0 radical (unpaired) electrons. The smallest absolute Gasteiger partial charge is 0.0991 e. The van der Waals surface area contributed by atoms with E-state index in [1.807, 2.05) is 18.2 Å². The number of hydrogen-bond acceptors (Lipinski definition) is 2. The number of aryl methyl sites for hydroxylation is 1. The van der Waals surface area contributed by atoms with Crippen molar-refractivity contribution in [1.82, 2.24) is 5.32 Å². The summed E-state index contributed by atoms with van der Waals surface area (Å²) in [7, 11) is 0. The van der Waals surface area contributed by atoms with Gasteiger partial charge in [-0.2, -0.15) is 5.26 Å². The SMILES string of the molecule is CCCCCNCc1ccc(C#N)cc1C. The normalized spacial score (nSPS) is 10.1. The summed E-state index contributed by atoms with van der Waals surface area (Å²) in [5, 5.41) is 12.2. The highest BCUT2D eigenvalue weighted by Gasteiger charge is 1.99. The van der Waals surface area contributed by atoms with Crippen LogP contribution in [0.25, 0.3) is 0 Å². The van der Waals surface area contributed by atoms with Gasteiger partial charge in [0.25, 0.3) is 0 Å². The van der Waals surface area contributed by atoms with Crippen molar-refractivity contribution in [1.29, 1.82) is 5.26 Å². The van der Waals surface area contributed by atoms with Crippen molar-refractivity contribution in [3.8, 4) is 6.07 Å². The maximum absolute atomic E-state index is 8.76. The van der Waals surface area contributed by atoms with Gasteiger partial charge in [0, 0.05) is 6.54 Å². The summed E-state index contributed by atoms with van der Waals surface area (Å²) < 4.78 is 0. The van der Waals surface area contributed by atoms with Crippen molar-refractivity contribution in [2.24, 2.45) is 0 Å². The van der Waals surface area contributed by atoms with Crippen LogP contribution in [-0.4, -0.2) is 6.54 Å². The minimum atomic E-state index is 0.743. The van der Waals surface area contributed by atoms with E-state index >= 15 is 0 Å². The fourth-order valence-corrected chi connectivity index (χ4v) is 1.69. The predicted molar refractivity (Wildman–Crippen MR) is 67.1 cm³/mol. The number of nitrogens with one attached hydrogen (secondary N) is 1. The van der Waals surface area contributed by atoms with Gasteiger partial charge in [0.05, 0.1) is 11.6 Å². The van der Waals surface area contributed by atoms with Crippen LogP contribution in [0.4, 0.5) is 0 Å². The van der Waals surface area contributed by atoms with E-state index in [0.717, 1.165) is 18.7 Å². The molecule has 0 bridgehead atoms. The van der Waals surface area contributed by atoms with Crippen molar-refractivity contribution < 1.29 is 0 Å². The largest absolute Gasteiger partial charge is 0.313 e. The van der Waals surface area contributed by atoms with Crippen molar-refractivity contribution in [3.63, 3.8) is 0 Å². The second-order valence-electron chi connectivity index (χ2n) is 4.14. The molecule has 0 aliphatic rings. The zero-order valence-corrected chi connectivity index (χ0v) is 10.2. The highest BCUT2D eigenvalue weighted by atomic mass is 14.8. The molecule has 1 aromatic rings. The molecule has 0 unspecified atom stereocenters. The van der Waals surface area contributed by atoms with Crippen LogP contribution < -0.4 is 5.32 Å². The Bertz CT molecular complexity index is 363. The number of nitrogens with zero attached hydrogens (tertiary/aromatic N) is 1. The summed E-state index contributed by atoms with van der Waals surface area (Å²) >= 11 is 0. The van der Waals surface area contributed by atoms with Crippen LogP contribution in [-0.2, 0) is 6.54 Å². The first-order valence-corrected chi connectivity index (χ1v) is 5.98. The summed E-state index contributed by atoms with van der Waals surface area (Å²) in [6.07, 6.45) is 3.79. The first-order chi connectivity index (χ1) is 7.77. The molecule has 1 rings (SSSR count). The molecular formula is C14H20N2. The van der Waals surface area contributed by atoms with Gasteiger partial charge in [-0.05, 0) is 43.1 Å². The van der Waals surface area contributed by atoms with Crippen molar-refractivity contribution >= 4 is 0 Å². The lowest BCUT2D eigenvalue weighted by Crippen LogP contribution is -2.15. The fourth-order valence-electron chi connectivity index (χ4n) is 1.69. The molecule has 1 N–H and O–H groups in total. The molecule has 0 spiro atoms. The third-order valence-corrected chi connectivity index (χ3v) is 2.74. The first kappa shape index (κ1) is 12.7. The van der Waals surface area contributed by atoms with Gasteiger partial charge in [0.15, 0.2) is 0 Å². The molecule has 0 aliphatic carbocycles. The van der Waals surface area contributed by atoms with Gasteiger partial charge in [0.1, 0.15) is 0 Å². The summed E-state index contributed by atoms with van der Waals surface area (Å²) in [5.74, 6) is 0. The van der Waals surface area contributed by atoms with Gasteiger partial charge in [-0.15, -0.1) is 0 Å². The van der Waals surface area contributed by atoms with Crippen LogP contribution in [0.15, 0.2) is 18.2 Å². The molecule has 0 heterocycles. The molecule has 2 nitrogen and oxygen atoms in total. The Morgan fingerprint density at radius 3 is 2.75 bits per heavy atom. The van der Waals surface area contributed by atoms with Gasteiger partial charge >= 0.3 is 0 Å². The number of hydrogen-bond donors (Lipinski definition) is 1. The molecule has 0 aliphatic heterocycles. The Kier molecular flexibility index (Phi) is 5.60. The van der Waals surface area contributed by atoms with Gasteiger partial charge in [-0.25, -0.2) is 0 Å². The van der Waals surface area contributed by atoms with Crippen LogP contribution in [0, 0.1) is 18.3 Å². The topological polar surface area (TPSA) is 35.8 Å². The van der Waals surface area contributed by atoms with Crippen molar-refractivity contribution in [3.05, 3.63) is 34.9 Å². The Morgan fingerprint density at radius 2 is 2.12 bits per heavy atom. The van der Waals surface area contributed by atoms with E-state index in [2.05, 4.69) is 25.2 Å². The third-order valence-electron chi connectivity index (χ3n) is 2.74. The lowest BCUT2D eigenvalue weighted by atomic mass is 10.1. The molecule has 0 aromatic heterocycles. The standard InChI is InChI=1S/C14H20N2/c1-3-4-5-8-16-11-14-7-6-13(10-15)9-12(14)2/h6-7,9,16H,3-5,8,11H2,1-2H3. The molecular weight excluding hydrogens is 196 g/mol. The van der Waals surface area contributed by atoms with E-state index in [4.69, 9.17) is 5.26 Å². The Labute approximate surface area is 98.3 Å². The highest BCUT2D eigenvalue weighted by Crippen LogP contribution is 2.10. The van der Waals surface area contributed by atoms with Crippen LogP contribution in [0.3, 0.4) is 0 Å². The predicted octanol–water partition coefficient (Wildman–Crippen LogP) is 3.15. The highest BCUT2D eigenvalue weighted by molar-refractivity contribution is 5.37. The molecule has 0 amide bonds. The summed E-state index contributed by atoms with van der Waals surface area (Å²) in [6, 6.07) is 8.03. The number of unbranched alkanes of at least 4 members (excludes halogenated alkanes) is 2. The lowest BCUT2D eigenvalue weighted by Gasteiger charge is -2.07. The van der Waals surface area contributed by atoms with E-state index in [1.165, 1.54) is 30.4 Å². The molecule has 2 heteroatoms. The maximum Gasteiger partial charge on any atom is 0.0991 e. The van der Waals surface area contributed by atoms with Crippen molar-refractivity contribution in [2.75, 3.05) is 6.54 Å². The monoisotopic (exact) mass is 216 g/mol. The second-order valence-corrected chi connectivity index (χ2v) is 4.14. The third kappa shape index (κ3) is 4.04. The summed E-state index contributed by atoms with van der Waals surface area (Å²) in [5.41, 5.74) is 3.23. The minimum absolute atomic E-state index is 0.743. The lowest BCUT2D eigenvalue weighted by molar-refractivity contribution is 0.615. The molecule has 1 aromatic carbocycles. The zero-order chi connectivity index (χ0) is 11.8. The molecule has 86 valence electrons. The molecule has 16 heavy (non-hydrogen) atoms. The van der Waals surface area contributed by atoms with Crippen molar-refractivity contribution in [2.45, 2.75) is 39.7 Å². The first-order valence-electron chi connectivity index (χ1n) is 5.98. The molecule has 0 saturated heterocycles. The van der Waals surface area contributed by atoms with Crippen LogP contribution in [0.5, 0.6) is 0 Å². The van der Waals surface area contributed by atoms with Gasteiger partial charge in [-0.1, -0.05) is 25.8 Å². The average Bonchev–Trinajstić information content (AvgIpc) is 2.30. The van der Waals surface area contributed by atoms with Crippen LogP contribution >= 0.6 is 0 Å². The van der Waals surface area contributed by atoms with Gasteiger partial charge in [-0.3, -0.25) is 0 Å². The Morgan fingerprint density at radius 1 is 1.31 bits per heavy atom. The number of nitriles is 1. The second kappa shape index (κ2) is 7.03. The molecule has 0 saturated carbocycles. The van der Waals surface area contributed by atoms with Gasteiger partial charge in [0.2, 0.25) is 0 Å². The Balaban J connectivity index is 2.40. The molecule has 0 fully saturated rings. The van der Waals surface area contributed by atoms with Crippen LogP contribution in [0.2, 0.25) is 0 Å². The van der Waals surface area contributed by atoms with Crippen LogP contribution in [0.1, 0.15) is 42.9 Å². The summed E-state index contributed by atoms with van der Waals surface area (Å²) in [4.78, 5) is 0. The zero-order valence-electron chi connectivity index (χ0n) is 10.2. The van der Waals surface area contributed by atoms with Gasteiger partial charge < -0.3 is 5.32 Å². The quantitative estimate of drug-likeness (QED) is 0.741. The minimum Gasteiger partial charge on any atom is -0.313 e. The van der Waals surface area contributed by atoms with E-state index < -0.39 is 0 Å². The average molecular weight is 216 g/mol. The summed E-state index contributed by atoms with van der Waals surface area (Å²) in [6.45, 7) is 6.25. The van der Waals surface area contributed by atoms with E-state index in [1.54, 1.807) is 0 Å². The van der Waals surface area contributed by atoms with E-state index in [0.29, 0.717) is 0 Å². The van der Waals surface area contributed by atoms with E-state index in [9.17, 15) is 0 Å².